The molecule has 0 fully saturated rings. The van der Waals surface area contributed by atoms with E-state index in [-0.39, 0.29) is 18.2 Å². The van der Waals surface area contributed by atoms with E-state index in [4.69, 9.17) is 10.5 Å². The van der Waals surface area contributed by atoms with Gasteiger partial charge in [0.05, 0.1) is 19.0 Å². The van der Waals surface area contributed by atoms with E-state index in [1.807, 2.05) is 12.1 Å². The number of carbonyl (C=O) groups excluding carboxylic acids is 1. The molecule has 1 aromatic heterocycles. The van der Waals surface area contributed by atoms with Gasteiger partial charge in [-0.3, -0.25) is 9.48 Å². The van der Waals surface area contributed by atoms with Crippen molar-refractivity contribution in [2.45, 2.75) is 19.4 Å². The molecule has 7 nitrogen and oxygen atoms in total. The number of carbonyl (C=O) groups is 1. The molecule has 0 unspecified atom stereocenters. The van der Waals surface area contributed by atoms with Crippen LogP contribution >= 0.6 is 0 Å². The van der Waals surface area contributed by atoms with Gasteiger partial charge in [-0.1, -0.05) is 0 Å². The Morgan fingerprint density at radius 1 is 1.59 bits per heavy atom. The smallest absolute Gasteiger partial charge is 0.252 e. The van der Waals surface area contributed by atoms with E-state index >= 15 is 0 Å². The zero-order valence-corrected chi connectivity index (χ0v) is 9.50. The highest BCUT2D eigenvalue weighted by Crippen LogP contribution is 1.96. The highest BCUT2D eigenvalue weighted by atomic mass is 16.2. The third kappa shape index (κ3) is 3.92. The molecule has 0 atom stereocenters. The van der Waals surface area contributed by atoms with Crippen LogP contribution in [-0.2, 0) is 11.3 Å². The van der Waals surface area contributed by atoms with Crippen molar-refractivity contribution in [1.82, 2.24) is 19.7 Å². The minimum absolute atomic E-state index is 0.0609. The summed E-state index contributed by atoms with van der Waals surface area (Å²) in [5, 5.41) is 20.8. The molecule has 0 spiro atoms. The Bertz CT molecular complexity index is 466. The molecule has 1 aromatic rings. The summed E-state index contributed by atoms with van der Waals surface area (Å²) in [7, 11) is 1.65. The molecule has 1 rings (SSSR count). The van der Waals surface area contributed by atoms with Crippen molar-refractivity contribution in [2.75, 3.05) is 13.6 Å². The molecule has 88 valence electrons. The second-order valence-corrected chi connectivity index (χ2v) is 3.42. The maximum atomic E-state index is 11.6. The fraction of sp³-hybridized carbons (Fsp3) is 0.500. The number of aromatic nitrogens is 3. The van der Waals surface area contributed by atoms with Crippen LogP contribution in [0.2, 0.25) is 0 Å². The quantitative estimate of drug-likeness (QED) is 0.706. The average Bonchev–Trinajstić information content (AvgIpc) is 2.80. The molecule has 1 heterocycles. The molecular weight excluding hydrogens is 220 g/mol. The summed E-state index contributed by atoms with van der Waals surface area (Å²) in [5.74, 6) is 0.0320. The van der Waals surface area contributed by atoms with Crippen LogP contribution in [0.5, 0.6) is 0 Å². The largest absolute Gasteiger partial charge is 0.345 e. The minimum atomic E-state index is -0.0609. The van der Waals surface area contributed by atoms with Crippen LogP contribution in [0.15, 0.2) is 6.33 Å². The Hall–Kier alpha value is -2.41. The van der Waals surface area contributed by atoms with Crippen molar-refractivity contribution in [3.05, 3.63) is 12.2 Å². The van der Waals surface area contributed by atoms with Crippen LogP contribution in [0.1, 0.15) is 18.7 Å². The van der Waals surface area contributed by atoms with Gasteiger partial charge in [-0.05, 0) is 0 Å². The average molecular weight is 232 g/mol. The Labute approximate surface area is 98.9 Å². The van der Waals surface area contributed by atoms with E-state index in [0.29, 0.717) is 19.5 Å². The molecule has 0 saturated heterocycles. The van der Waals surface area contributed by atoms with E-state index in [2.05, 4.69) is 10.1 Å². The first-order valence-electron chi connectivity index (χ1n) is 5.08. The van der Waals surface area contributed by atoms with Crippen LogP contribution in [0.4, 0.5) is 0 Å². The Morgan fingerprint density at radius 3 is 2.94 bits per heavy atom. The zero-order chi connectivity index (χ0) is 12.7. The van der Waals surface area contributed by atoms with Gasteiger partial charge in [-0.15, -0.1) is 5.10 Å². The van der Waals surface area contributed by atoms with Crippen molar-refractivity contribution in [3.63, 3.8) is 0 Å². The summed E-state index contributed by atoms with van der Waals surface area (Å²) < 4.78 is 1.45. The lowest BCUT2D eigenvalue weighted by atomic mass is 10.3. The topological polar surface area (TPSA) is 98.6 Å². The van der Waals surface area contributed by atoms with Crippen LogP contribution in [-0.4, -0.2) is 39.2 Å². The standard InChI is InChI=1S/C10H12N6O/c1-15(5-2-4-11)10(17)3-6-16-8-13-9(7-12)14-16/h8H,2-3,5-6H2,1H3. The molecule has 0 saturated carbocycles. The molecule has 0 bridgehead atoms. The van der Waals surface area contributed by atoms with E-state index in [1.54, 1.807) is 7.05 Å². The van der Waals surface area contributed by atoms with Gasteiger partial charge >= 0.3 is 0 Å². The summed E-state index contributed by atoms with van der Waals surface area (Å²) in [6.07, 6.45) is 2.02. The Morgan fingerprint density at radius 2 is 2.35 bits per heavy atom. The third-order valence-corrected chi connectivity index (χ3v) is 2.18. The van der Waals surface area contributed by atoms with Crippen molar-refractivity contribution < 1.29 is 4.79 Å². The van der Waals surface area contributed by atoms with E-state index < -0.39 is 0 Å². The molecule has 1 amide bonds. The molecule has 7 heteroatoms. The zero-order valence-electron chi connectivity index (χ0n) is 9.50. The summed E-state index contributed by atoms with van der Waals surface area (Å²) in [5.41, 5.74) is 0. The first kappa shape index (κ1) is 12.7. The van der Waals surface area contributed by atoms with E-state index in [0.717, 1.165) is 0 Å². The number of hydrogen-bond acceptors (Lipinski definition) is 5. The third-order valence-electron chi connectivity index (χ3n) is 2.18. The predicted molar refractivity (Wildman–Crippen MR) is 57.2 cm³/mol. The first-order chi connectivity index (χ1) is 8.17. The molecule has 0 aromatic carbocycles. The molecule has 17 heavy (non-hydrogen) atoms. The molecule has 0 aliphatic rings. The SMILES string of the molecule is CN(CCC#N)C(=O)CCn1cnc(C#N)n1. The lowest BCUT2D eigenvalue weighted by molar-refractivity contribution is -0.130. The minimum Gasteiger partial charge on any atom is -0.345 e. The fourth-order valence-corrected chi connectivity index (χ4v) is 1.20. The number of rotatable bonds is 5. The van der Waals surface area contributed by atoms with E-state index in [1.165, 1.54) is 15.9 Å². The first-order valence-corrected chi connectivity index (χ1v) is 5.08. The van der Waals surface area contributed by atoms with Crippen LogP contribution < -0.4 is 0 Å². The second kappa shape index (κ2) is 6.23. The molecule has 0 radical (unpaired) electrons. The van der Waals surface area contributed by atoms with Crippen molar-refractivity contribution in [2.24, 2.45) is 0 Å². The van der Waals surface area contributed by atoms with Gasteiger partial charge in [0.25, 0.3) is 5.82 Å². The molecule has 0 N–H and O–H groups in total. The van der Waals surface area contributed by atoms with Crippen molar-refractivity contribution >= 4 is 5.91 Å². The van der Waals surface area contributed by atoms with Gasteiger partial charge in [0.1, 0.15) is 12.4 Å². The van der Waals surface area contributed by atoms with Gasteiger partial charge in [-0.25, -0.2) is 4.98 Å². The number of hydrogen-bond donors (Lipinski definition) is 0. The van der Waals surface area contributed by atoms with Crippen LogP contribution in [0.25, 0.3) is 0 Å². The summed E-state index contributed by atoms with van der Waals surface area (Å²) >= 11 is 0. The molecule has 0 aliphatic heterocycles. The summed E-state index contributed by atoms with van der Waals surface area (Å²) in [6.45, 7) is 0.806. The maximum absolute atomic E-state index is 11.6. The van der Waals surface area contributed by atoms with Gasteiger partial charge in [0, 0.05) is 20.0 Å². The van der Waals surface area contributed by atoms with Gasteiger partial charge in [-0.2, -0.15) is 10.5 Å². The van der Waals surface area contributed by atoms with Gasteiger partial charge < -0.3 is 4.90 Å². The monoisotopic (exact) mass is 232 g/mol. The Kier molecular flexibility index (Phi) is 4.64. The number of nitriles is 2. The number of amides is 1. The fourth-order valence-electron chi connectivity index (χ4n) is 1.20. The van der Waals surface area contributed by atoms with Crippen LogP contribution in [0.3, 0.4) is 0 Å². The van der Waals surface area contributed by atoms with Crippen molar-refractivity contribution in [3.8, 4) is 12.1 Å². The lowest BCUT2D eigenvalue weighted by Gasteiger charge is -2.14. The second-order valence-electron chi connectivity index (χ2n) is 3.42. The van der Waals surface area contributed by atoms with Gasteiger partial charge in [0.2, 0.25) is 5.91 Å². The van der Waals surface area contributed by atoms with Gasteiger partial charge in [0.15, 0.2) is 0 Å². The highest BCUT2D eigenvalue weighted by molar-refractivity contribution is 5.75. The van der Waals surface area contributed by atoms with E-state index in [9.17, 15) is 4.79 Å². The Balaban J connectivity index is 2.38. The normalized spacial score (nSPS) is 9.35. The highest BCUT2D eigenvalue weighted by Gasteiger charge is 2.08. The molecule has 0 aliphatic carbocycles. The molecular formula is C10H12N6O. The maximum Gasteiger partial charge on any atom is 0.252 e. The van der Waals surface area contributed by atoms with Crippen LogP contribution in [0, 0.1) is 22.7 Å². The lowest BCUT2D eigenvalue weighted by Crippen LogP contribution is -2.28. The summed E-state index contributed by atoms with van der Waals surface area (Å²) in [4.78, 5) is 16.8. The number of nitrogens with zero attached hydrogens (tertiary/aromatic N) is 6. The number of aryl methyl sites for hydroxylation is 1. The summed E-state index contributed by atoms with van der Waals surface area (Å²) in [6, 6.07) is 3.79. The predicted octanol–water partition coefficient (Wildman–Crippen LogP) is -0.0880. The van der Waals surface area contributed by atoms with Crippen molar-refractivity contribution in [1.29, 1.82) is 10.5 Å².